The molecule has 0 aromatic carbocycles. The van der Waals surface area contributed by atoms with E-state index in [-0.39, 0.29) is 0 Å². The Balaban J connectivity index is 2.00. The monoisotopic (exact) mass is 282 g/mol. The van der Waals surface area contributed by atoms with E-state index < -0.39 is 0 Å². The molecule has 0 spiro atoms. The number of hydrogen-bond acceptors (Lipinski definition) is 5. The van der Waals surface area contributed by atoms with Crippen molar-refractivity contribution < 1.29 is 0 Å². The number of nitriles is 1. The van der Waals surface area contributed by atoms with Gasteiger partial charge in [0, 0.05) is 23.5 Å². The van der Waals surface area contributed by atoms with Gasteiger partial charge in [0.25, 0.3) is 0 Å². The maximum Gasteiger partial charge on any atom is 0.181 e. The predicted octanol–water partition coefficient (Wildman–Crippen LogP) is 2.45. The number of rotatable bonds is 2. The average Bonchev–Trinajstić information content (AvgIpc) is 2.97. The van der Waals surface area contributed by atoms with E-state index in [0.717, 1.165) is 11.1 Å². The molecule has 0 aliphatic carbocycles. The summed E-state index contributed by atoms with van der Waals surface area (Å²) in [5.74, 6) is 1.08. The van der Waals surface area contributed by atoms with Gasteiger partial charge >= 0.3 is 0 Å². The van der Waals surface area contributed by atoms with Gasteiger partial charge in [0.2, 0.25) is 0 Å². The maximum atomic E-state index is 8.84. The van der Waals surface area contributed by atoms with Gasteiger partial charge in [-0.25, -0.2) is 15.0 Å². The fourth-order valence-electron chi connectivity index (χ4n) is 1.70. The number of pyridine rings is 2. The van der Waals surface area contributed by atoms with Crippen LogP contribution in [-0.2, 0) is 0 Å². The lowest BCUT2D eigenvalue weighted by Crippen LogP contribution is -1.86. The quantitative estimate of drug-likeness (QED) is 0.729. The summed E-state index contributed by atoms with van der Waals surface area (Å²) in [6, 6.07) is 8.83. The molecule has 0 amide bonds. The van der Waals surface area contributed by atoms with Gasteiger partial charge in [-0.15, -0.1) is 0 Å². The third kappa shape index (κ3) is 2.35. The first-order chi connectivity index (χ1) is 9.76. The third-order valence-electron chi connectivity index (χ3n) is 2.62. The summed E-state index contributed by atoms with van der Waals surface area (Å²) in [7, 11) is 0. The first-order valence-corrected chi connectivity index (χ1v) is 6.05. The highest BCUT2D eigenvalue weighted by Gasteiger charge is 2.09. The molecule has 1 N–H and O–H groups in total. The third-order valence-corrected chi connectivity index (χ3v) is 2.82. The molecule has 0 bridgehead atoms. The van der Waals surface area contributed by atoms with Crippen molar-refractivity contribution in [3.8, 4) is 28.8 Å². The van der Waals surface area contributed by atoms with Gasteiger partial charge < -0.3 is 0 Å². The lowest BCUT2D eigenvalue weighted by molar-refractivity contribution is 1.10. The molecule has 3 rings (SSSR count). The summed E-state index contributed by atoms with van der Waals surface area (Å²) in [6.45, 7) is 0. The largest absolute Gasteiger partial charge is 0.259 e. The van der Waals surface area contributed by atoms with Crippen molar-refractivity contribution in [2.24, 2.45) is 0 Å². The second kappa shape index (κ2) is 5.07. The zero-order chi connectivity index (χ0) is 13.9. The van der Waals surface area contributed by atoms with E-state index >= 15 is 0 Å². The van der Waals surface area contributed by atoms with Crippen LogP contribution in [0.15, 0.2) is 36.7 Å². The Hall–Kier alpha value is -2.78. The molecule has 0 atom stereocenters. The fourth-order valence-corrected chi connectivity index (χ4v) is 1.87. The molecule has 0 saturated heterocycles. The Kier molecular flexibility index (Phi) is 3.11. The van der Waals surface area contributed by atoms with Crippen molar-refractivity contribution >= 4 is 11.6 Å². The molecular weight excluding hydrogens is 276 g/mol. The van der Waals surface area contributed by atoms with Crippen molar-refractivity contribution in [3.05, 3.63) is 47.5 Å². The SMILES string of the molecule is N#Cc1cc(-c2nc(-c3ccnc(Cl)c3)n[nH]2)ccn1. The molecule has 3 heterocycles. The number of H-pyrrole nitrogens is 1. The van der Waals surface area contributed by atoms with E-state index in [4.69, 9.17) is 16.9 Å². The van der Waals surface area contributed by atoms with Crippen LogP contribution in [0.4, 0.5) is 0 Å². The van der Waals surface area contributed by atoms with Crippen LogP contribution in [-0.4, -0.2) is 25.1 Å². The Morgan fingerprint density at radius 1 is 1.10 bits per heavy atom. The highest BCUT2D eigenvalue weighted by molar-refractivity contribution is 6.29. The molecule has 0 aliphatic heterocycles. The van der Waals surface area contributed by atoms with Gasteiger partial charge in [-0.2, -0.15) is 10.4 Å². The summed E-state index contributed by atoms with van der Waals surface area (Å²) in [5.41, 5.74) is 1.84. The van der Waals surface area contributed by atoms with Gasteiger partial charge in [-0.05, 0) is 24.3 Å². The van der Waals surface area contributed by atoms with Gasteiger partial charge in [-0.1, -0.05) is 11.6 Å². The Labute approximate surface area is 119 Å². The van der Waals surface area contributed by atoms with Crippen molar-refractivity contribution in [1.82, 2.24) is 25.1 Å². The molecule has 3 aromatic rings. The molecule has 0 fully saturated rings. The molecule has 3 aromatic heterocycles. The van der Waals surface area contributed by atoms with E-state index in [1.165, 1.54) is 0 Å². The standard InChI is InChI=1S/C13H7ClN6/c14-11-6-9(2-4-17-11)13-18-12(19-20-13)8-1-3-16-10(5-8)7-15/h1-6H,(H,18,19,20). The number of aromatic nitrogens is 5. The van der Waals surface area contributed by atoms with Gasteiger partial charge in [0.1, 0.15) is 16.9 Å². The molecule has 96 valence electrons. The van der Waals surface area contributed by atoms with Gasteiger partial charge in [0.05, 0.1) is 0 Å². The first kappa shape index (κ1) is 12.3. The minimum Gasteiger partial charge on any atom is -0.259 e. The predicted molar refractivity (Wildman–Crippen MR) is 72.6 cm³/mol. The van der Waals surface area contributed by atoms with E-state index in [2.05, 4.69) is 25.1 Å². The highest BCUT2D eigenvalue weighted by Crippen LogP contribution is 2.21. The van der Waals surface area contributed by atoms with Crippen LogP contribution in [0.25, 0.3) is 22.8 Å². The van der Waals surface area contributed by atoms with E-state index in [1.807, 2.05) is 6.07 Å². The van der Waals surface area contributed by atoms with Gasteiger partial charge in [0.15, 0.2) is 11.6 Å². The molecule has 0 aliphatic rings. The van der Waals surface area contributed by atoms with E-state index in [9.17, 15) is 0 Å². The maximum absolute atomic E-state index is 8.84. The molecular formula is C13H7ClN6. The van der Waals surface area contributed by atoms with Crippen LogP contribution in [0.3, 0.4) is 0 Å². The Morgan fingerprint density at radius 2 is 1.90 bits per heavy atom. The normalized spacial score (nSPS) is 10.2. The summed E-state index contributed by atoms with van der Waals surface area (Å²) >= 11 is 5.84. The van der Waals surface area contributed by atoms with Crippen LogP contribution >= 0.6 is 11.6 Å². The first-order valence-electron chi connectivity index (χ1n) is 5.67. The average molecular weight is 283 g/mol. The van der Waals surface area contributed by atoms with E-state index in [0.29, 0.717) is 22.5 Å². The number of nitrogens with zero attached hydrogens (tertiary/aromatic N) is 5. The highest BCUT2D eigenvalue weighted by atomic mass is 35.5. The van der Waals surface area contributed by atoms with Gasteiger partial charge in [-0.3, -0.25) is 5.10 Å². The zero-order valence-electron chi connectivity index (χ0n) is 10.1. The van der Waals surface area contributed by atoms with Crippen LogP contribution < -0.4 is 0 Å². The minimum atomic E-state index is 0.326. The van der Waals surface area contributed by atoms with Crippen LogP contribution in [0.2, 0.25) is 5.15 Å². The Morgan fingerprint density at radius 3 is 2.70 bits per heavy atom. The smallest absolute Gasteiger partial charge is 0.181 e. The van der Waals surface area contributed by atoms with Crippen molar-refractivity contribution in [3.63, 3.8) is 0 Å². The number of hydrogen-bond donors (Lipinski definition) is 1. The summed E-state index contributed by atoms with van der Waals surface area (Å²) < 4.78 is 0. The second-order valence-electron chi connectivity index (χ2n) is 3.92. The molecule has 0 unspecified atom stereocenters. The molecule has 7 heteroatoms. The zero-order valence-corrected chi connectivity index (χ0v) is 10.8. The molecule has 6 nitrogen and oxygen atoms in total. The fraction of sp³-hybridized carbons (Fsp3) is 0. The second-order valence-corrected chi connectivity index (χ2v) is 4.30. The number of aromatic amines is 1. The summed E-state index contributed by atoms with van der Waals surface area (Å²) in [5, 5.41) is 16.2. The summed E-state index contributed by atoms with van der Waals surface area (Å²) in [4.78, 5) is 12.2. The van der Waals surface area contributed by atoms with E-state index in [1.54, 1.807) is 36.7 Å². The minimum absolute atomic E-state index is 0.326. The Bertz CT molecular complexity index is 804. The number of halogens is 1. The van der Waals surface area contributed by atoms with Crippen LogP contribution in [0, 0.1) is 11.3 Å². The van der Waals surface area contributed by atoms with Crippen LogP contribution in [0.1, 0.15) is 5.69 Å². The summed E-state index contributed by atoms with van der Waals surface area (Å²) in [6.07, 6.45) is 3.15. The number of nitrogens with one attached hydrogen (secondary N) is 1. The molecule has 0 saturated carbocycles. The molecule has 20 heavy (non-hydrogen) atoms. The van der Waals surface area contributed by atoms with Crippen molar-refractivity contribution in [2.45, 2.75) is 0 Å². The lowest BCUT2D eigenvalue weighted by Gasteiger charge is -1.96. The van der Waals surface area contributed by atoms with Crippen LogP contribution in [0.5, 0.6) is 0 Å². The molecule has 0 radical (unpaired) electrons. The van der Waals surface area contributed by atoms with Crippen molar-refractivity contribution in [2.75, 3.05) is 0 Å². The lowest BCUT2D eigenvalue weighted by atomic mass is 10.2. The van der Waals surface area contributed by atoms with Crippen molar-refractivity contribution in [1.29, 1.82) is 5.26 Å². The topological polar surface area (TPSA) is 91.1 Å².